The number of anilines is 1. The number of ether oxygens (including phenoxy) is 1. The Morgan fingerprint density at radius 1 is 1.62 bits per heavy atom. The number of halogens is 2. The molecule has 1 rings (SSSR count). The molecule has 1 N–H and O–H groups in total. The van der Waals surface area contributed by atoms with Crippen LogP contribution in [-0.4, -0.2) is 29.0 Å². The van der Waals surface area contributed by atoms with E-state index in [1.165, 1.54) is 0 Å². The van der Waals surface area contributed by atoms with Crippen molar-refractivity contribution < 1.29 is 4.74 Å². The molecule has 90 valence electrons. The van der Waals surface area contributed by atoms with Crippen LogP contribution in [0, 0.1) is 0 Å². The highest BCUT2D eigenvalue weighted by Crippen LogP contribution is 2.22. The minimum absolute atomic E-state index is 0.295. The molecule has 0 aromatic carbocycles. The standard InChI is InChI=1S/C10H15BrClN3O/c1-3-7(4-5-12)14-10-13-6-8(11)9(15-10)16-2/h6-7H,3-5H2,1-2H3,(H,13,14,15). The van der Waals surface area contributed by atoms with Crippen molar-refractivity contribution in [1.29, 1.82) is 0 Å². The van der Waals surface area contributed by atoms with Gasteiger partial charge in [0.15, 0.2) is 0 Å². The molecule has 1 atom stereocenters. The summed E-state index contributed by atoms with van der Waals surface area (Å²) in [6, 6.07) is 0.295. The number of rotatable bonds is 6. The second-order valence-corrected chi connectivity index (χ2v) is 4.51. The molecule has 6 heteroatoms. The van der Waals surface area contributed by atoms with Crippen molar-refractivity contribution in [3.8, 4) is 5.88 Å². The van der Waals surface area contributed by atoms with Gasteiger partial charge in [-0.2, -0.15) is 4.98 Å². The van der Waals surface area contributed by atoms with Crippen LogP contribution in [0.3, 0.4) is 0 Å². The third-order valence-corrected chi connectivity index (χ3v) is 2.95. The first-order valence-corrected chi connectivity index (χ1v) is 6.43. The zero-order chi connectivity index (χ0) is 12.0. The average molecular weight is 309 g/mol. The molecule has 16 heavy (non-hydrogen) atoms. The quantitative estimate of drug-likeness (QED) is 0.821. The van der Waals surface area contributed by atoms with Gasteiger partial charge in [0.25, 0.3) is 0 Å². The molecule has 0 spiro atoms. The van der Waals surface area contributed by atoms with Gasteiger partial charge in [0, 0.05) is 11.9 Å². The lowest BCUT2D eigenvalue weighted by atomic mass is 10.2. The average Bonchev–Trinajstić information content (AvgIpc) is 2.30. The first-order valence-electron chi connectivity index (χ1n) is 5.10. The molecule has 0 aliphatic carbocycles. The van der Waals surface area contributed by atoms with E-state index in [1.807, 2.05) is 0 Å². The second-order valence-electron chi connectivity index (χ2n) is 3.28. The van der Waals surface area contributed by atoms with Crippen molar-refractivity contribution in [2.75, 3.05) is 18.3 Å². The summed E-state index contributed by atoms with van der Waals surface area (Å²) in [6.45, 7) is 2.10. The fraction of sp³-hybridized carbons (Fsp3) is 0.600. The van der Waals surface area contributed by atoms with Gasteiger partial charge in [-0.1, -0.05) is 6.92 Å². The van der Waals surface area contributed by atoms with E-state index in [4.69, 9.17) is 16.3 Å². The number of hydrogen-bond acceptors (Lipinski definition) is 4. The number of methoxy groups -OCH3 is 1. The predicted octanol–water partition coefficient (Wildman–Crippen LogP) is 3.07. The molecular weight excluding hydrogens is 293 g/mol. The Morgan fingerprint density at radius 2 is 2.38 bits per heavy atom. The van der Waals surface area contributed by atoms with Crippen LogP contribution in [0.25, 0.3) is 0 Å². The number of alkyl halides is 1. The first kappa shape index (κ1) is 13.5. The Hall–Kier alpha value is -0.550. The lowest BCUT2D eigenvalue weighted by molar-refractivity contribution is 0.394. The van der Waals surface area contributed by atoms with E-state index in [1.54, 1.807) is 13.3 Å². The Bertz CT molecular complexity index is 338. The minimum atomic E-state index is 0.295. The molecule has 0 saturated heterocycles. The highest BCUT2D eigenvalue weighted by atomic mass is 79.9. The Morgan fingerprint density at radius 3 is 2.94 bits per heavy atom. The fourth-order valence-electron chi connectivity index (χ4n) is 1.26. The number of hydrogen-bond donors (Lipinski definition) is 1. The normalized spacial score (nSPS) is 12.2. The Balaban J connectivity index is 2.72. The summed E-state index contributed by atoms with van der Waals surface area (Å²) in [5, 5.41) is 3.22. The minimum Gasteiger partial charge on any atom is -0.480 e. The van der Waals surface area contributed by atoms with E-state index >= 15 is 0 Å². The summed E-state index contributed by atoms with van der Waals surface area (Å²) in [7, 11) is 1.58. The molecule has 1 heterocycles. The third-order valence-electron chi connectivity index (χ3n) is 2.19. The lowest BCUT2D eigenvalue weighted by Gasteiger charge is -2.15. The molecular formula is C10H15BrClN3O. The maximum absolute atomic E-state index is 5.71. The van der Waals surface area contributed by atoms with E-state index in [9.17, 15) is 0 Å². The molecule has 1 unspecified atom stereocenters. The molecule has 0 aliphatic rings. The van der Waals surface area contributed by atoms with Gasteiger partial charge in [-0.25, -0.2) is 4.98 Å². The van der Waals surface area contributed by atoms with E-state index in [0.717, 1.165) is 17.3 Å². The van der Waals surface area contributed by atoms with Gasteiger partial charge in [0.1, 0.15) is 0 Å². The van der Waals surface area contributed by atoms with Gasteiger partial charge < -0.3 is 10.1 Å². The molecule has 4 nitrogen and oxygen atoms in total. The molecule has 0 aliphatic heterocycles. The van der Waals surface area contributed by atoms with Crippen molar-refractivity contribution in [3.63, 3.8) is 0 Å². The summed E-state index contributed by atoms with van der Waals surface area (Å²) >= 11 is 9.02. The molecule has 0 saturated carbocycles. The molecule has 1 aromatic rings. The van der Waals surface area contributed by atoms with Gasteiger partial charge in [0.05, 0.1) is 17.8 Å². The molecule has 0 bridgehead atoms. The van der Waals surface area contributed by atoms with Gasteiger partial charge in [-0.05, 0) is 28.8 Å². The number of nitrogens with one attached hydrogen (secondary N) is 1. The van der Waals surface area contributed by atoms with Crippen molar-refractivity contribution >= 4 is 33.5 Å². The second kappa shape index (κ2) is 6.91. The SMILES string of the molecule is CCC(CCCl)Nc1ncc(Br)c(OC)n1. The van der Waals surface area contributed by atoms with Crippen LogP contribution in [-0.2, 0) is 0 Å². The fourth-order valence-corrected chi connectivity index (χ4v) is 1.87. The summed E-state index contributed by atoms with van der Waals surface area (Å²) in [6.07, 6.45) is 3.54. The molecule has 0 radical (unpaired) electrons. The Kier molecular flexibility index (Phi) is 5.84. The molecule has 0 fully saturated rings. The van der Waals surface area contributed by atoms with Gasteiger partial charge in [0.2, 0.25) is 11.8 Å². The summed E-state index contributed by atoms with van der Waals surface area (Å²) in [5.74, 6) is 1.72. The summed E-state index contributed by atoms with van der Waals surface area (Å²) < 4.78 is 5.84. The van der Waals surface area contributed by atoms with Crippen molar-refractivity contribution in [2.45, 2.75) is 25.8 Å². The van der Waals surface area contributed by atoms with Crippen LogP contribution in [0.1, 0.15) is 19.8 Å². The van der Waals surface area contributed by atoms with Crippen LogP contribution in [0.4, 0.5) is 5.95 Å². The third kappa shape index (κ3) is 3.79. The number of nitrogens with zero attached hydrogens (tertiary/aromatic N) is 2. The zero-order valence-electron chi connectivity index (χ0n) is 9.33. The number of aromatic nitrogens is 2. The van der Waals surface area contributed by atoms with Crippen molar-refractivity contribution in [2.24, 2.45) is 0 Å². The van der Waals surface area contributed by atoms with Crippen LogP contribution in [0.5, 0.6) is 5.88 Å². The van der Waals surface area contributed by atoms with Gasteiger partial charge >= 0.3 is 0 Å². The summed E-state index contributed by atoms with van der Waals surface area (Å²) in [5.41, 5.74) is 0. The van der Waals surface area contributed by atoms with E-state index in [-0.39, 0.29) is 0 Å². The first-order chi connectivity index (χ1) is 7.71. The van der Waals surface area contributed by atoms with E-state index < -0.39 is 0 Å². The zero-order valence-corrected chi connectivity index (χ0v) is 11.7. The van der Waals surface area contributed by atoms with Crippen molar-refractivity contribution in [1.82, 2.24) is 9.97 Å². The monoisotopic (exact) mass is 307 g/mol. The topological polar surface area (TPSA) is 47.0 Å². The molecule has 1 aromatic heterocycles. The van der Waals surface area contributed by atoms with Crippen LogP contribution in [0.15, 0.2) is 10.7 Å². The maximum atomic E-state index is 5.71. The highest BCUT2D eigenvalue weighted by molar-refractivity contribution is 9.10. The van der Waals surface area contributed by atoms with Gasteiger partial charge in [-0.15, -0.1) is 11.6 Å². The van der Waals surface area contributed by atoms with E-state index in [0.29, 0.717) is 23.8 Å². The van der Waals surface area contributed by atoms with E-state index in [2.05, 4.69) is 38.1 Å². The highest BCUT2D eigenvalue weighted by Gasteiger charge is 2.09. The Labute approximate surface area is 109 Å². The van der Waals surface area contributed by atoms with Crippen LogP contribution < -0.4 is 10.1 Å². The molecule has 0 amide bonds. The van der Waals surface area contributed by atoms with Crippen LogP contribution in [0.2, 0.25) is 0 Å². The summed E-state index contributed by atoms with van der Waals surface area (Å²) in [4.78, 5) is 8.39. The van der Waals surface area contributed by atoms with Crippen molar-refractivity contribution in [3.05, 3.63) is 10.7 Å². The smallest absolute Gasteiger partial charge is 0.232 e. The lowest BCUT2D eigenvalue weighted by Crippen LogP contribution is -2.20. The largest absolute Gasteiger partial charge is 0.480 e. The predicted molar refractivity (Wildman–Crippen MR) is 69.3 cm³/mol. The maximum Gasteiger partial charge on any atom is 0.232 e. The van der Waals surface area contributed by atoms with Gasteiger partial charge in [-0.3, -0.25) is 0 Å². The van der Waals surface area contributed by atoms with Crippen LogP contribution >= 0.6 is 27.5 Å².